The van der Waals surface area contributed by atoms with Crippen LogP contribution in [0.5, 0.6) is 0 Å². The van der Waals surface area contributed by atoms with Crippen LogP contribution in [0.15, 0.2) is 0 Å². The van der Waals surface area contributed by atoms with Gasteiger partial charge in [-0.05, 0) is 36.7 Å². The Labute approximate surface area is 195 Å². The van der Waals surface area contributed by atoms with E-state index in [2.05, 4.69) is 16.0 Å². The third kappa shape index (κ3) is 11.1. The Kier molecular flexibility index (Phi) is 15.4. The van der Waals surface area contributed by atoms with Gasteiger partial charge in [-0.15, -0.1) is 11.6 Å². The van der Waals surface area contributed by atoms with Gasteiger partial charge in [0.15, 0.2) is 0 Å². The van der Waals surface area contributed by atoms with Crippen LogP contribution in [0.1, 0.15) is 53.4 Å². The van der Waals surface area contributed by atoms with Gasteiger partial charge < -0.3 is 20.7 Å². The number of esters is 1. The summed E-state index contributed by atoms with van der Waals surface area (Å²) in [5.74, 6) is -0.995. The van der Waals surface area contributed by atoms with Crippen LogP contribution in [0.2, 0.25) is 0 Å². The quantitative estimate of drug-likeness (QED) is 0.245. The molecule has 0 saturated carbocycles. The number of methoxy groups -OCH3 is 1. The largest absolute Gasteiger partial charge is 0.467 e. The molecule has 0 rings (SSSR count). The molecule has 31 heavy (non-hydrogen) atoms. The van der Waals surface area contributed by atoms with Crippen LogP contribution in [-0.4, -0.2) is 66.8 Å². The number of rotatable bonds is 15. The molecule has 0 heterocycles. The normalized spacial score (nSPS) is 14.8. The molecule has 0 aromatic heterocycles. The summed E-state index contributed by atoms with van der Waals surface area (Å²) >= 11 is 7.19. The van der Waals surface area contributed by atoms with Gasteiger partial charge in [0.05, 0.1) is 7.11 Å². The fourth-order valence-corrected chi connectivity index (χ4v) is 3.45. The fourth-order valence-electron chi connectivity index (χ4n) is 2.84. The number of nitrogens with one attached hydrogen (secondary N) is 3. The van der Waals surface area contributed by atoms with Gasteiger partial charge in [-0.25, -0.2) is 4.79 Å². The zero-order valence-electron chi connectivity index (χ0n) is 19.5. The van der Waals surface area contributed by atoms with Crippen LogP contribution in [0.4, 0.5) is 0 Å². The third-order valence-corrected chi connectivity index (χ3v) is 5.92. The van der Waals surface area contributed by atoms with Gasteiger partial charge in [-0.3, -0.25) is 14.4 Å². The molecule has 10 heteroatoms. The Morgan fingerprint density at radius 3 is 2.10 bits per heavy atom. The molecular weight excluding hydrogens is 442 g/mol. The molecule has 0 unspecified atom stereocenters. The van der Waals surface area contributed by atoms with E-state index in [4.69, 9.17) is 16.3 Å². The highest BCUT2D eigenvalue weighted by Crippen LogP contribution is 2.12. The molecule has 0 radical (unpaired) electrons. The minimum Gasteiger partial charge on any atom is -0.467 e. The molecule has 3 N–H and O–H groups in total. The standard InChI is InChI=1S/C21H38ClN3O5S/c1-7-14(4)18(20(28)23-15(10-12-31-6)21(29)30-5)25-19(27)17(13(2)3)24-16(26)9-8-11-22/h13-15,17-18H,7-12H2,1-6H3,(H,23,28)(H,24,26)(H,25,27)/t14-,15-,17-,18-/m0/s1. The highest BCUT2D eigenvalue weighted by molar-refractivity contribution is 7.98. The van der Waals surface area contributed by atoms with Crippen molar-refractivity contribution >= 4 is 47.1 Å². The molecular formula is C21H38ClN3O5S. The van der Waals surface area contributed by atoms with Crippen LogP contribution in [0.25, 0.3) is 0 Å². The van der Waals surface area contributed by atoms with E-state index >= 15 is 0 Å². The van der Waals surface area contributed by atoms with Crippen LogP contribution in [-0.2, 0) is 23.9 Å². The molecule has 0 aliphatic carbocycles. The molecule has 180 valence electrons. The number of hydrogen-bond donors (Lipinski definition) is 3. The van der Waals surface area contributed by atoms with Crippen molar-refractivity contribution in [1.29, 1.82) is 0 Å². The van der Waals surface area contributed by atoms with Gasteiger partial charge in [0, 0.05) is 12.3 Å². The summed E-state index contributed by atoms with van der Waals surface area (Å²) < 4.78 is 4.80. The maximum Gasteiger partial charge on any atom is 0.328 e. The Hall–Kier alpha value is -1.48. The number of ether oxygens (including phenoxy) is 1. The number of thioether (sulfide) groups is 1. The van der Waals surface area contributed by atoms with E-state index in [9.17, 15) is 19.2 Å². The lowest BCUT2D eigenvalue weighted by atomic mass is 9.96. The molecule has 0 aliphatic heterocycles. The lowest BCUT2D eigenvalue weighted by Gasteiger charge is -2.29. The predicted molar refractivity (Wildman–Crippen MR) is 125 cm³/mol. The highest BCUT2D eigenvalue weighted by Gasteiger charge is 2.33. The second-order valence-corrected chi connectivity index (χ2v) is 9.18. The Morgan fingerprint density at radius 1 is 1.00 bits per heavy atom. The number of halogens is 1. The molecule has 8 nitrogen and oxygen atoms in total. The summed E-state index contributed by atoms with van der Waals surface area (Å²) in [6.07, 6.45) is 3.71. The first-order valence-corrected chi connectivity index (χ1v) is 12.6. The van der Waals surface area contributed by atoms with Crippen LogP contribution in [0.3, 0.4) is 0 Å². The van der Waals surface area contributed by atoms with Crippen molar-refractivity contribution in [2.75, 3.05) is 25.0 Å². The van der Waals surface area contributed by atoms with E-state index < -0.39 is 35.9 Å². The van der Waals surface area contributed by atoms with Crippen molar-refractivity contribution in [3.63, 3.8) is 0 Å². The average Bonchev–Trinajstić information content (AvgIpc) is 2.75. The third-order valence-electron chi connectivity index (χ3n) is 5.01. The fraction of sp³-hybridized carbons (Fsp3) is 0.810. The van der Waals surface area contributed by atoms with Gasteiger partial charge in [0.25, 0.3) is 0 Å². The second-order valence-electron chi connectivity index (χ2n) is 7.82. The van der Waals surface area contributed by atoms with E-state index in [-0.39, 0.29) is 24.2 Å². The Morgan fingerprint density at radius 2 is 1.61 bits per heavy atom. The minimum absolute atomic E-state index is 0.176. The topological polar surface area (TPSA) is 114 Å². The van der Waals surface area contributed by atoms with E-state index in [0.717, 1.165) is 0 Å². The Bertz CT molecular complexity index is 591. The highest BCUT2D eigenvalue weighted by atomic mass is 35.5. The average molecular weight is 480 g/mol. The molecule has 0 aromatic rings. The number of hydrogen-bond acceptors (Lipinski definition) is 6. The maximum atomic E-state index is 13.0. The van der Waals surface area contributed by atoms with Crippen LogP contribution in [0, 0.1) is 11.8 Å². The van der Waals surface area contributed by atoms with Gasteiger partial charge in [-0.1, -0.05) is 34.1 Å². The van der Waals surface area contributed by atoms with E-state index in [1.54, 1.807) is 11.8 Å². The van der Waals surface area contributed by atoms with E-state index in [0.29, 0.717) is 30.9 Å². The maximum absolute atomic E-state index is 13.0. The zero-order valence-corrected chi connectivity index (χ0v) is 21.0. The van der Waals surface area contributed by atoms with E-state index in [1.807, 2.05) is 34.0 Å². The van der Waals surface area contributed by atoms with Crippen molar-refractivity contribution in [2.45, 2.75) is 71.5 Å². The lowest BCUT2D eigenvalue weighted by Crippen LogP contribution is -2.58. The molecule has 0 spiro atoms. The summed E-state index contributed by atoms with van der Waals surface area (Å²) in [6.45, 7) is 7.40. The monoisotopic (exact) mass is 479 g/mol. The SMILES string of the molecule is CC[C@H](C)[C@H](NC(=O)[C@@H](NC(=O)CCCCl)C(C)C)C(=O)N[C@@H](CCSC)C(=O)OC. The molecule has 0 aliphatic rings. The number of alkyl halides is 1. The second kappa shape index (κ2) is 16.2. The molecule has 0 fully saturated rings. The predicted octanol–water partition coefficient (Wildman–Crippen LogP) is 2.09. The molecule has 4 atom stereocenters. The summed E-state index contributed by atoms with van der Waals surface area (Å²) in [7, 11) is 1.27. The molecule has 0 aromatic carbocycles. The molecule has 0 saturated heterocycles. The van der Waals surface area contributed by atoms with Crippen molar-refractivity contribution < 1.29 is 23.9 Å². The van der Waals surface area contributed by atoms with Gasteiger partial charge in [0.2, 0.25) is 17.7 Å². The van der Waals surface area contributed by atoms with Gasteiger partial charge in [0.1, 0.15) is 18.1 Å². The number of carbonyl (C=O) groups is 4. The summed E-state index contributed by atoms with van der Waals surface area (Å²) in [6, 6.07) is -2.42. The summed E-state index contributed by atoms with van der Waals surface area (Å²) in [5.41, 5.74) is 0. The first-order chi connectivity index (χ1) is 14.6. The first-order valence-electron chi connectivity index (χ1n) is 10.7. The van der Waals surface area contributed by atoms with Crippen molar-refractivity contribution in [3.8, 4) is 0 Å². The van der Waals surface area contributed by atoms with Crippen LogP contribution >= 0.6 is 23.4 Å². The smallest absolute Gasteiger partial charge is 0.328 e. The summed E-state index contributed by atoms with van der Waals surface area (Å²) in [4.78, 5) is 50.1. The number of carbonyl (C=O) groups excluding carboxylic acids is 4. The molecule has 3 amide bonds. The van der Waals surface area contributed by atoms with Crippen molar-refractivity contribution in [3.05, 3.63) is 0 Å². The molecule has 0 bridgehead atoms. The summed E-state index contributed by atoms with van der Waals surface area (Å²) in [5, 5.41) is 8.23. The first kappa shape index (κ1) is 29.5. The van der Waals surface area contributed by atoms with Crippen molar-refractivity contribution in [2.24, 2.45) is 11.8 Å². The zero-order chi connectivity index (χ0) is 24.0. The van der Waals surface area contributed by atoms with Crippen molar-refractivity contribution in [1.82, 2.24) is 16.0 Å². The van der Waals surface area contributed by atoms with Gasteiger partial charge >= 0.3 is 5.97 Å². The lowest BCUT2D eigenvalue weighted by molar-refractivity contribution is -0.145. The van der Waals surface area contributed by atoms with E-state index in [1.165, 1.54) is 7.11 Å². The van der Waals surface area contributed by atoms with Crippen LogP contribution < -0.4 is 16.0 Å². The van der Waals surface area contributed by atoms with Gasteiger partial charge in [-0.2, -0.15) is 11.8 Å². The number of amides is 3. The Balaban J connectivity index is 5.39. The minimum atomic E-state index is -0.847.